The number of halogens is 3. The van der Waals surface area contributed by atoms with Crippen molar-refractivity contribution in [3.05, 3.63) is 58.5 Å². The van der Waals surface area contributed by atoms with Crippen LogP contribution in [-0.2, 0) is 4.74 Å². The molecular formula is C15H10BrF2N5O. The van der Waals surface area contributed by atoms with Crippen LogP contribution in [0, 0.1) is 11.6 Å². The van der Waals surface area contributed by atoms with Crippen molar-refractivity contribution in [2.75, 3.05) is 12.0 Å². The molecule has 1 aromatic carbocycles. The van der Waals surface area contributed by atoms with E-state index in [1.165, 1.54) is 22.7 Å². The molecule has 0 spiro atoms. The highest BCUT2D eigenvalue weighted by Crippen LogP contribution is 2.30. The van der Waals surface area contributed by atoms with Gasteiger partial charge >= 0.3 is 0 Å². The van der Waals surface area contributed by atoms with Crippen LogP contribution in [0.1, 0.15) is 5.56 Å². The van der Waals surface area contributed by atoms with E-state index in [1.807, 2.05) is 0 Å². The molecule has 0 unspecified atom stereocenters. The van der Waals surface area contributed by atoms with Crippen LogP contribution in [-0.4, -0.2) is 22.0 Å². The third kappa shape index (κ3) is 2.46. The number of ether oxygens (including phenoxy) is 1. The standard InChI is InChI=1S/C15H10BrF2N5O/c16-8-1-2-11(10(17)5-8)21-13-9(15-22-20-7-24-15)6-23-4-3-19-14(23)12(13)18/h1-6,20-21H,7H2. The van der Waals surface area contributed by atoms with Gasteiger partial charge in [0.15, 0.2) is 18.2 Å². The summed E-state index contributed by atoms with van der Waals surface area (Å²) in [4.78, 5) is 3.98. The number of nitrogens with zero attached hydrogens (tertiary/aromatic N) is 3. The number of hydrogen-bond acceptors (Lipinski definition) is 5. The van der Waals surface area contributed by atoms with Crippen molar-refractivity contribution in [3.63, 3.8) is 0 Å². The Kier molecular flexibility index (Phi) is 3.57. The molecule has 0 aliphatic carbocycles. The normalized spacial score (nSPS) is 13.5. The Morgan fingerprint density at radius 3 is 2.96 bits per heavy atom. The minimum Gasteiger partial charge on any atom is -0.453 e. The van der Waals surface area contributed by atoms with Gasteiger partial charge in [-0.1, -0.05) is 15.9 Å². The Morgan fingerprint density at radius 2 is 2.21 bits per heavy atom. The van der Waals surface area contributed by atoms with Gasteiger partial charge in [0.25, 0.3) is 0 Å². The van der Waals surface area contributed by atoms with Gasteiger partial charge in [-0.3, -0.25) is 5.43 Å². The van der Waals surface area contributed by atoms with Crippen LogP contribution in [0.3, 0.4) is 0 Å². The Bertz CT molecular complexity index is 972. The lowest BCUT2D eigenvalue weighted by atomic mass is 10.2. The highest BCUT2D eigenvalue weighted by atomic mass is 79.9. The lowest BCUT2D eigenvalue weighted by Crippen LogP contribution is -2.10. The number of aromatic nitrogens is 2. The maximum Gasteiger partial charge on any atom is 0.243 e. The molecule has 0 bridgehead atoms. The van der Waals surface area contributed by atoms with E-state index >= 15 is 0 Å². The monoisotopic (exact) mass is 393 g/mol. The average Bonchev–Trinajstić information content (AvgIpc) is 3.23. The zero-order valence-corrected chi connectivity index (χ0v) is 13.6. The van der Waals surface area contributed by atoms with Crippen molar-refractivity contribution in [1.29, 1.82) is 0 Å². The van der Waals surface area contributed by atoms with E-state index in [4.69, 9.17) is 4.74 Å². The molecule has 0 radical (unpaired) electrons. The molecule has 24 heavy (non-hydrogen) atoms. The maximum absolute atomic E-state index is 14.9. The second-order valence-electron chi connectivity index (χ2n) is 5.00. The number of fused-ring (bicyclic) bond motifs is 1. The summed E-state index contributed by atoms with van der Waals surface area (Å²) in [5.41, 5.74) is 3.29. The second kappa shape index (κ2) is 5.75. The third-order valence-corrected chi connectivity index (χ3v) is 3.99. The molecule has 3 heterocycles. The molecule has 0 saturated carbocycles. The van der Waals surface area contributed by atoms with Crippen molar-refractivity contribution in [3.8, 4) is 0 Å². The summed E-state index contributed by atoms with van der Waals surface area (Å²) in [6.45, 7) is 0.186. The fraction of sp³-hybridized carbons (Fsp3) is 0.0667. The van der Waals surface area contributed by atoms with Gasteiger partial charge in [-0.2, -0.15) is 0 Å². The van der Waals surface area contributed by atoms with Gasteiger partial charge in [-0.25, -0.2) is 13.8 Å². The molecule has 2 aromatic heterocycles. The first kappa shape index (κ1) is 14.9. The number of imidazole rings is 1. The smallest absolute Gasteiger partial charge is 0.243 e. The fourth-order valence-corrected chi connectivity index (χ4v) is 2.74. The van der Waals surface area contributed by atoms with Crippen molar-refractivity contribution in [1.82, 2.24) is 14.8 Å². The molecule has 0 fully saturated rings. The number of rotatable bonds is 3. The quantitative estimate of drug-likeness (QED) is 0.716. The van der Waals surface area contributed by atoms with Crippen LogP contribution in [0.4, 0.5) is 20.2 Å². The van der Waals surface area contributed by atoms with Gasteiger partial charge in [-0.15, -0.1) is 5.10 Å². The van der Waals surface area contributed by atoms with Crippen molar-refractivity contribution < 1.29 is 13.5 Å². The van der Waals surface area contributed by atoms with E-state index in [0.29, 0.717) is 10.0 Å². The molecule has 0 amide bonds. The molecule has 9 heteroatoms. The molecule has 1 aliphatic heterocycles. The topological polar surface area (TPSA) is 63.0 Å². The Hall–Kier alpha value is -2.68. The summed E-state index contributed by atoms with van der Waals surface area (Å²) in [6, 6.07) is 4.45. The number of pyridine rings is 1. The Labute approximate surface area is 143 Å². The molecule has 1 aliphatic rings. The fourth-order valence-electron chi connectivity index (χ4n) is 2.41. The first-order valence-corrected chi connectivity index (χ1v) is 7.74. The highest BCUT2D eigenvalue weighted by Gasteiger charge is 2.22. The van der Waals surface area contributed by atoms with Gasteiger partial charge < -0.3 is 14.5 Å². The largest absolute Gasteiger partial charge is 0.453 e. The molecule has 0 atom stereocenters. The summed E-state index contributed by atoms with van der Waals surface area (Å²) in [6.07, 6.45) is 4.70. The van der Waals surface area contributed by atoms with E-state index in [0.717, 1.165) is 0 Å². The lowest BCUT2D eigenvalue weighted by Gasteiger charge is -2.14. The molecule has 0 saturated heterocycles. The van der Waals surface area contributed by atoms with Gasteiger partial charge in [0.1, 0.15) is 5.82 Å². The van der Waals surface area contributed by atoms with Gasteiger partial charge in [0.05, 0.1) is 16.9 Å². The zero-order chi connectivity index (χ0) is 16.7. The van der Waals surface area contributed by atoms with Crippen LogP contribution >= 0.6 is 15.9 Å². The summed E-state index contributed by atoms with van der Waals surface area (Å²) in [7, 11) is 0. The minimum absolute atomic E-state index is 0.0392. The van der Waals surface area contributed by atoms with Crippen molar-refractivity contribution >= 4 is 38.8 Å². The number of benzene rings is 1. The van der Waals surface area contributed by atoms with Crippen LogP contribution in [0.25, 0.3) is 5.65 Å². The minimum atomic E-state index is -0.627. The lowest BCUT2D eigenvalue weighted by molar-refractivity contribution is 0.316. The van der Waals surface area contributed by atoms with Crippen LogP contribution in [0.15, 0.2) is 46.4 Å². The van der Waals surface area contributed by atoms with E-state index in [1.54, 1.807) is 18.5 Å². The van der Waals surface area contributed by atoms with Gasteiger partial charge in [-0.05, 0) is 18.2 Å². The molecule has 6 nitrogen and oxygen atoms in total. The van der Waals surface area contributed by atoms with Crippen molar-refractivity contribution in [2.24, 2.45) is 5.10 Å². The van der Waals surface area contributed by atoms with Gasteiger partial charge in [0.2, 0.25) is 5.90 Å². The summed E-state index contributed by atoms with van der Waals surface area (Å²) in [5, 5.41) is 6.76. The van der Waals surface area contributed by atoms with E-state index < -0.39 is 11.6 Å². The third-order valence-electron chi connectivity index (χ3n) is 3.50. The Morgan fingerprint density at radius 1 is 1.33 bits per heavy atom. The number of nitrogens with one attached hydrogen (secondary N) is 2. The molecule has 4 rings (SSSR count). The number of hydrogen-bond donors (Lipinski definition) is 2. The van der Waals surface area contributed by atoms with E-state index in [-0.39, 0.29) is 29.7 Å². The molecular weight excluding hydrogens is 384 g/mol. The van der Waals surface area contributed by atoms with E-state index in [2.05, 4.69) is 36.8 Å². The summed E-state index contributed by atoms with van der Waals surface area (Å²) < 4.78 is 36.5. The predicted octanol–water partition coefficient (Wildman–Crippen LogP) is 3.36. The molecule has 3 aromatic rings. The highest BCUT2D eigenvalue weighted by molar-refractivity contribution is 9.10. The summed E-state index contributed by atoms with van der Waals surface area (Å²) >= 11 is 3.19. The zero-order valence-electron chi connectivity index (χ0n) is 12.1. The van der Waals surface area contributed by atoms with E-state index in [9.17, 15) is 8.78 Å². The first-order chi connectivity index (χ1) is 11.6. The SMILES string of the molecule is Fc1cc(Br)ccc1Nc1c(C2=NNCO2)cn2ccnc2c1F. The van der Waals surface area contributed by atoms with Crippen LogP contribution < -0.4 is 10.7 Å². The second-order valence-corrected chi connectivity index (χ2v) is 5.92. The first-order valence-electron chi connectivity index (χ1n) is 6.94. The van der Waals surface area contributed by atoms with Crippen molar-refractivity contribution in [2.45, 2.75) is 0 Å². The molecule has 2 N–H and O–H groups in total. The predicted molar refractivity (Wildman–Crippen MR) is 88.2 cm³/mol. The summed E-state index contributed by atoms with van der Waals surface area (Å²) in [5.74, 6) is -0.937. The van der Waals surface area contributed by atoms with Crippen LogP contribution in [0.2, 0.25) is 0 Å². The Balaban J connectivity index is 1.88. The number of hydrazone groups is 1. The number of anilines is 2. The molecule has 122 valence electrons. The average molecular weight is 394 g/mol. The van der Waals surface area contributed by atoms with Gasteiger partial charge in [0, 0.05) is 23.1 Å². The van der Waals surface area contributed by atoms with Crippen LogP contribution in [0.5, 0.6) is 0 Å². The maximum atomic E-state index is 14.9.